The summed E-state index contributed by atoms with van der Waals surface area (Å²) < 4.78 is 0. The van der Waals surface area contributed by atoms with E-state index >= 15 is 0 Å². The van der Waals surface area contributed by atoms with Crippen molar-refractivity contribution in [1.82, 2.24) is 0 Å². The number of hydrogen-bond donors (Lipinski definition) is 1. The molecule has 0 radical (unpaired) electrons. The van der Waals surface area contributed by atoms with Crippen LogP contribution >= 0.6 is 0 Å². The summed E-state index contributed by atoms with van der Waals surface area (Å²) in [5.74, 6) is 0.895. The molecule has 1 saturated carbocycles. The third kappa shape index (κ3) is 2.85. The monoisotopic (exact) mass is 218 g/mol. The van der Waals surface area contributed by atoms with Gasteiger partial charge in [-0.05, 0) is 30.7 Å². The molecule has 1 N–H and O–H groups in total. The van der Waals surface area contributed by atoms with Crippen molar-refractivity contribution >= 4 is 0 Å². The van der Waals surface area contributed by atoms with E-state index in [0.717, 1.165) is 30.7 Å². The summed E-state index contributed by atoms with van der Waals surface area (Å²) in [5.41, 5.74) is 0.510. The van der Waals surface area contributed by atoms with Gasteiger partial charge >= 0.3 is 0 Å². The van der Waals surface area contributed by atoms with Crippen LogP contribution in [-0.2, 0) is 5.60 Å². The smallest absolute Gasteiger partial charge is 0.0896 e. The Labute approximate surface area is 98.5 Å². The van der Waals surface area contributed by atoms with Crippen molar-refractivity contribution in [3.05, 3.63) is 35.9 Å². The fraction of sp³-hybridized carbons (Fsp3) is 0.600. The molecule has 1 heteroatoms. The van der Waals surface area contributed by atoms with Gasteiger partial charge in [0.15, 0.2) is 0 Å². The second-order valence-corrected chi connectivity index (χ2v) is 5.13. The number of aliphatic hydroxyl groups is 1. The minimum absolute atomic E-state index is 0.585. The van der Waals surface area contributed by atoms with E-state index in [0.29, 0.717) is 0 Å². The van der Waals surface area contributed by atoms with Gasteiger partial charge in [0.25, 0.3) is 0 Å². The van der Waals surface area contributed by atoms with Crippen molar-refractivity contribution in [2.24, 2.45) is 5.92 Å². The molecule has 0 aromatic heterocycles. The zero-order valence-electron chi connectivity index (χ0n) is 10.2. The first kappa shape index (κ1) is 11.7. The SMILES string of the molecule is CCCC(O)(CCC1CC1)c1ccccc1. The van der Waals surface area contributed by atoms with Gasteiger partial charge in [0.05, 0.1) is 5.60 Å². The van der Waals surface area contributed by atoms with E-state index in [1.807, 2.05) is 18.2 Å². The standard InChI is InChI=1S/C15H22O/c1-2-11-15(16,12-10-13-8-9-13)14-6-4-3-5-7-14/h3-7,13,16H,2,8-12H2,1H3. The maximum Gasteiger partial charge on any atom is 0.0896 e. The second-order valence-electron chi connectivity index (χ2n) is 5.13. The van der Waals surface area contributed by atoms with Crippen LogP contribution in [0, 0.1) is 5.92 Å². The van der Waals surface area contributed by atoms with Crippen LogP contribution in [0.1, 0.15) is 51.0 Å². The Hall–Kier alpha value is -0.820. The van der Waals surface area contributed by atoms with Crippen molar-refractivity contribution in [3.8, 4) is 0 Å². The lowest BCUT2D eigenvalue weighted by atomic mass is 9.84. The van der Waals surface area contributed by atoms with Crippen LogP contribution in [0.15, 0.2) is 30.3 Å². The number of hydrogen-bond acceptors (Lipinski definition) is 1. The van der Waals surface area contributed by atoms with E-state index in [1.54, 1.807) is 0 Å². The van der Waals surface area contributed by atoms with Crippen molar-refractivity contribution in [2.75, 3.05) is 0 Å². The first-order valence-electron chi connectivity index (χ1n) is 6.52. The molecule has 0 bridgehead atoms. The lowest BCUT2D eigenvalue weighted by Crippen LogP contribution is -2.25. The predicted octanol–water partition coefficient (Wildman–Crippen LogP) is 3.86. The maximum atomic E-state index is 10.8. The molecule has 1 aromatic carbocycles. The highest BCUT2D eigenvalue weighted by Crippen LogP contribution is 2.39. The summed E-state index contributed by atoms with van der Waals surface area (Å²) in [6.07, 6.45) is 6.77. The summed E-state index contributed by atoms with van der Waals surface area (Å²) in [6.45, 7) is 2.14. The normalized spacial score (nSPS) is 19.4. The molecule has 0 heterocycles. The van der Waals surface area contributed by atoms with Gasteiger partial charge in [-0.15, -0.1) is 0 Å². The Balaban J connectivity index is 2.06. The number of benzene rings is 1. The zero-order valence-corrected chi connectivity index (χ0v) is 10.2. The van der Waals surface area contributed by atoms with Crippen molar-refractivity contribution in [1.29, 1.82) is 0 Å². The Morgan fingerprint density at radius 3 is 2.44 bits per heavy atom. The fourth-order valence-electron chi connectivity index (χ4n) is 2.43. The van der Waals surface area contributed by atoms with Crippen LogP contribution in [0.4, 0.5) is 0 Å². The molecule has 1 aromatic rings. The quantitative estimate of drug-likeness (QED) is 0.768. The van der Waals surface area contributed by atoms with E-state index < -0.39 is 5.60 Å². The zero-order chi connectivity index (χ0) is 11.4. The van der Waals surface area contributed by atoms with Gasteiger partial charge in [0.2, 0.25) is 0 Å². The lowest BCUT2D eigenvalue weighted by Gasteiger charge is -2.28. The minimum Gasteiger partial charge on any atom is -0.385 e. The highest BCUT2D eigenvalue weighted by atomic mass is 16.3. The van der Waals surface area contributed by atoms with Gasteiger partial charge in [-0.3, -0.25) is 0 Å². The van der Waals surface area contributed by atoms with E-state index in [4.69, 9.17) is 0 Å². The predicted molar refractivity (Wildman–Crippen MR) is 67.2 cm³/mol. The molecule has 0 aliphatic heterocycles. The van der Waals surface area contributed by atoms with Crippen molar-refractivity contribution in [2.45, 2.75) is 51.0 Å². The van der Waals surface area contributed by atoms with E-state index in [9.17, 15) is 5.11 Å². The Bertz CT molecular complexity index is 315. The highest BCUT2D eigenvalue weighted by Gasteiger charge is 2.31. The molecule has 16 heavy (non-hydrogen) atoms. The van der Waals surface area contributed by atoms with Crippen LogP contribution in [-0.4, -0.2) is 5.11 Å². The summed E-state index contributed by atoms with van der Waals surface area (Å²) in [4.78, 5) is 0. The molecular weight excluding hydrogens is 196 g/mol. The van der Waals surface area contributed by atoms with Crippen molar-refractivity contribution in [3.63, 3.8) is 0 Å². The van der Waals surface area contributed by atoms with Crippen molar-refractivity contribution < 1.29 is 5.11 Å². The van der Waals surface area contributed by atoms with Gasteiger partial charge in [-0.2, -0.15) is 0 Å². The van der Waals surface area contributed by atoms with Gasteiger partial charge in [-0.1, -0.05) is 56.5 Å². The van der Waals surface area contributed by atoms with E-state index in [2.05, 4.69) is 19.1 Å². The third-order valence-corrected chi connectivity index (χ3v) is 3.64. The van der Waals surface area contributed by atoms with Gasteiger partial charge in [0, 0.05) is 0 Å². The maximum absolute atomic E-state index is 10.8. The molecule has 1 aliphatic carbocycles. The molecule has 1 fully saturated rings. The van der Waals surface area contributed by atoms with Gasteiger partial charge in [-0.25, -0.2) is 0 Å². The first-order valence-corrected chi connectivity index (χ1v) is 6.52. The fourth-order valence-corrected chi connectivity index (χ4v) is 2.43. The molecule has 1 aliphatic rings. The molecule has 1 atom stereocenters. The largest absolute Gasteiger partial charge is 0.385 e. The van der Waals surface area contributed by atoms with Gasteiger partial charge in [0.1, 0.15) is 0 Å². The molecule has 0 amide bonds. The minimum atomic E-state index is -0.585. The number of rotatable bonds is 6. The summed E-state index contributed by atoms with van der Waals surface area (Å²) >= 11 is 0. The third-order valence-electron chi connectivity index (χ3n) is 3.64. The van der Waals surface area contributed by atoms with E-state index in [1.165, 1.54) is 19.3 Å². The topological polar surface area (TPSA) is 20.2 Å². The van der Waals surface area contributed by atoms with Crippen LogP contribution in [0.3, 0.4) is 0 Å². The van der Waals surface area contributed by atoms with Crippen LogP contribution in [0.25, 0.3) is 0 Å². The average molecular weight is 218 g/mol. The lowest BCUT2D eigenvalue weighted by molar-refractivity contribution is 0.0143. The van der Waals surface area contributed by atoms with Crippen LogP contribution < -0.4 is 0 Å². The summed E-state index contributed by atoms with van der Waals surface area (Å²) in [7, 11) is 0. The Morgan fingerprint density at radius 1 is 1.19 bits per heavy atom. The first-order chi connectivity index (χ1) is 7.74. The Morgan fingerprint density at radius 2 is 1.88 bits per heavy atom. The highest BCUT2D eigenvalue weighted by molar-refractivity contribution is 5.22. The molecule has 0 spiro atoms. The second kappa shape index (κ2) is 5.01. The molecule has 2 rings (SSSR count). The molecular formula is C15H22O. The Kier molecular flexibility index (Phi) is 3.65. The van der Waals surface area contributed by atoms with Crippen LogP contribution in [0.2, 0.25) is 0 Å². The summed E-state index contributed by atoms with van der Waals surface area (Å²) in [5, 5.41) is 10.8. The van der Waals surface area contributed by atoms with Gasteiger partial charge < -0.3 is 5.11 Å². The molecule has 0 saturated heterocycles. The van der Waals surface area contributed by atoms with E-state index in [-0.39, 0.29) is 0 Å². The molecule has 88 valence electrons. The average Bonchev–Trinajstić information content (AvgIpc) is 3.12. The summed E-state index contributed by atoms with van der Waals surface area (Å²) in [6, 6.07) is 10.2. The van der Waals surface area contributed by atoms with Crippen LogP contribution in [0.5, 0.6) is 0 Å². The molecule has 1 nitrogen and oxygen atoms in total. The molecule has 1 unspecified atom stereocenters.